The number of rotatable bonds is 8. The number of carbonyl (C=O) groups excluding carboxylic acids is 3. The minimum absolute atomic E-state index is 0.0899. The van der Waals surface area contributed by atoms with Crippen LogP contribution in [0.1, 0.15) is 73.0 Å². The van der Waals surface area contributed by atoms with E-state index in [-0.39, 0.29) is 47.3 Å². The monoisotopic (exact) mass is 440 g/mol. The first kappa shape index (κ1) is 21.9. The molecule has 2 amide bonds. The quantitative estimate of drug-likeness (QED) is 0.465. The number of nitrogens with one attached hydrogen (secondary N) is 3. The fraction of sp³-hybridized carbons (Fsp3) is 0.478. The molecule has 4 rings (SSSR count). The zero-order valence-electron chi connectivity index (χ0n) is 18.0. The highest BCUT2D eigenvalue weighted by molar-refractivity contribution is 5.90. The number of anilines is 1. The summed E-state index contributed by atoms with van der Waals surface area (Å²) in [5, 5.41) is 22.6. The van der Waals surface area contributed by atoms with Gasteiger partial charge in [-0.1, -0.05) is 12.1 Å². The van der Waals surface area contributed by atoms with E-state index >= 15 is 0 Å². The third-order valence-corrected chi connectivity index (χ3v) is 6.28. The van der Waals surface area contributed by atoms with Gasteiger partial charge in [-0.25, -0.2) is 4.79 Å². The first-order valence-corrected chi connectivity index (χ1v) is 11.0. The maximum Gasteiger partial charge on any atom is 0.407 e. The topological polar surface area (TPSA) is 133 Å². The summed E-state index contributed by atoms with van der Waals surface area (Å²) in [6.07, 6.45) is 4.95. The van der Waals surface area contributed by atoms with Crippen LogP contribution < -0.4 is 10.6 Å². The second kappa shape index (κ2) is 9.02. The highest BCUT2D eigenvalue weighted by Gasteiger charge is 2.40. The Bertz CT molecular complexity index is 1010. The van der Waals surface area contributed by atoms with E-state index in [4.69, 9.17) is 4.74 Å². The van der Waals surface area contributed by atoms with Gasteiger partial charge in [0, 0.05) is 29.6 Å². The number of carbonyl (C=O) groups is 3. The van der Waals surface area contributed by atoms with E-state index in [0.717, 1.165) is 31.4 Å². The van der Waals surface area contributed by atoms with Gasteiger partial charge in [-0.05, 0) is 57.1 Å². The Balaban J connectivity index is 1.25. The van der Waals surface area contributed by atoms with Crippen LogP contribution in [0.2, 0.25) is 0 Å². The molecule has 170 valence electrons. The molecule has 2 fully saturated rings. The molecule has 2 atom stereocenters. The number of hydrogen-bond acceptors (Lipinski definition) is 6. The second-order valence-corrected chi connectivity index (χ2v) is 8.95. The van der Waals surface area contributed by atoms with Crippen molar-refractivity contribution in [1.29, 1.82) is 0 Å². The second-order valence-electron chi connectivity index (χ2n) is 8.95. The Morgan fingerprint density at radius 3 is 2.91 bits per heavy atom. The van der Waals surface area contributed by atoms with Crippen LogP contribution in [0.4, 0.5) is 10.6 Å². The van der Waals surface area contributed by atoms with Crippen LogP contribution in [0.5, 0.6) is 5.75 Å². The van der Waals surface area contributed by atoms with Crippen molar-refractivity contribution >= 4 is 24.1 Å². The summed E-state index contributed by atoms with van der Waals surface area (Å²) >= 11 is 0. The number of amides is 2. The Morgan fingerprint density at radius 2 is 2.16 bits per heavy atom. The number of benzene rings is 1. The molecular formula is C23H28N4O5. The van der Waals surface area contributed by atoms with E-state index < -0.39 is 0 Å². The van der Waals surface area contributed by atoms with E-state index in [0.29, 0.717) is 30.5 Å². The molecule has 2 aliphatic carbocycles. The van der Waals surface area contributed by atoms with Crippen LogP contribution in [0, 0.1) is 0 Å². The standard InChI is InChI=1S/C23H28N4O5/c1-23(9-10-23)25-22(31)32-16-7-5-15(11-16)18-12-20(27-26-18)24-21(30)8-6-14-3-2-4-19(29)17(14)13-28/h2-4,12-13,15-16,29H,5-11H2,1H3,(H,25,31)(H2,24,26,27,30)/t15-,16+/m0/s1. The van der Waals surface area contributed by atoms with Crippen molar-refractivity contribution in [2.24, 2.45) is 0 Å². The highest BCUT2D eigenvalue weighted by atomic mass is 16.6. The molecule has 9 nitrogen and oxygen atoms in total. The molecule has 1 heterocycles. The van der Waals surface area contributed by atoms with Crippen LogP contribution in [0.15, 0.2) is 24.3 Å². The Kier molecular flexibility index (Phi) is 6.16. The number of hydrogen-bond donors (Lipinski definition) is 4. The number of aromatic hydroxyl groups is 1. The summed E-state index contributed by atoms with van der Waals surface area (Å²) in [5.74, 6) is 0.291. The molecule has 0 radical (unpaired) electrons. The lowest BCUT2D eigenvalue weighted by molar-refractivity contribution is -0.116. The van der Waals surface area contributed by atoms with Gasteiger partial charge >= 0.3 is 6.09 Å². The van der Waals surface area contributed by atoms with Crippen LogP contribution >= 0.6 is 0 Å². The average Bonchev–Trinajstić information content (AvgIpc) is 3.13. The summed E-state index contributed by atoms with van der Waals surface area (Å²) in [7, 11) is 0. The van der Waals surface area contributed by atoms with E-state index in [1.54, 1.807) is 18.2 Å². The van der Waals surface area contributed by atoms with Crippen LogP contribution in [0.25, 0.3) is 0 Å². The van der Waals surface area contributed by atoms with E-state index in [1.165, 1.54) is 6.07 Å². The SMILES string of the molecule is CC1(NC(=O)O[C@@H]2CC[C@H](c3cc(NC(=O)CCc4cccc(O)c4C=O)n[nH]3)C2)CC1. The lowest BCUT2D eigenvalue weighted by atomic mass is 10.0. The Labute approximate surface area is 185 Å². The maximum atomic E-state index is 12.3. The lowest BCUT2D eigenvalue weighted by Crippen LogP contribution is -2.36. The molecule has 0 aliphatic heterocycles. The number of aryl methyl sites for hydroxylation is 1. The Morgan fingerprint density at radius 1 is 1.34 bits per heavy atom. The van der Waals surface area contributed by atoms with Gasteiger partial charge in [-0.2, -0.15) is 5.10 Å². The fourth-order valence-electron chi connectivity index (χ4n) is 4.09. The van der Waals surface area contributed by atoms with Crippen LogP contribution in [-0.4, -0.2) is 45.2 Å². The molecule has 4 N–H and O–H groups in total. The maximum absolute atomic E-state index is 12.3. The van der Waals surface area contributed by atoms with Crippen LogP contribution in [0.3, 0.4) is 0 Å². The van der Waals surface area contributed by atoms with Gasteiger partial charge in [0.2, 0.25) is 5.91 Å². The van der Waals surface area contributed by atoms with Gasteiger partial charge in [-0.15, -0.1) is 0 Å². The summed E-state index contributed by atoms with van der Waals surface area (Å²) < 4.78 is 5.56. The number of aromatic nitrogens is 2. The molecule has 2 saturated carbocycles. The molecule has 0 bridgehead atoms. The number of ether oxygens (including phenoxy) is 1. The zero-order chi connectivity index (χ0) is 22.7. The number of alkyl carbamates (subject to hydrolysis) is 1. The van der Waals surface area contributed by atoms with Gasteiger partial charge in [0.1, 0.15) is 11.9 Å². The number of H-pyrrole nitrogens is 1. The van der Waals surface area contributed by atoms with E-state index in [9.17, 15) is 19.5 Å². The molecule has 0 unspecified atom stereocenters. The van der Waals surface area contributed by atoms with Crippen LogP contribution in [-0.2, 0) is 16.0 Å². The van der Waals surface area contributed by atoms with Crippen molar-refractivity contribution in [3.63, 3.8) is 0 Å². The predicted octanol–water partition coefficient (Wildman–Crippen LogP) is 3.41. The molecule has 2 aliphatic rings. The van der Waals surface area contributed by atoms with Gasteiger partial charge in [0.15, 0.2) is 12.1 Å². The number of aromatic amines is 1. The van der Waals surface area contributed by atoms with Gasteiger partial charge in [0.25, 0.3) is 0 Å². The largest absolute Gasteiger partial charge is 0.507 e. The third kappa shape index (κ3) is 5.27. The number of phenolic OH excluding ortho intramolecular Hbond substituents is 1. The van der Waals surface area contributed by atoms with E-state index in [1.807, 2.05) is 6.92 Å². The third-order valence-electron chi connectivity index (χ3n) is 6.28. The minimum atomic E-state index is -0.349. The number of nitrogens with zero attached hydrogens (tertiary/aromatic N) is 1. The first-order chi connectivity index (χ1) is 15.3. The van der Waals surface area contributed by atoms with Crippen molar-refractivity contribution in [3.05, 3.63) is 41.1 Å². The summed E-state index contributed by atoms with van der Waals surface area (Å²) in [4.78, 5) is 35.5. The van der Waals surface area contributed by atoms with Crippen molar-refractivity contribution in [2.75, 3.05) is 5.32 Å². The molecule has 0 spiro atoms. The first-order valence-electron chi connectivity index (χ1n) is 11.0. The van der Waals surface area contributed by atoms with Crippen molar-refractivity contribution in [3.8, 4) is 5.75 Å². The smallest absolute Gasteiger partial charge is 0.407 e. The number of aldehydes is 1. The van der Waals surface area contributed by atoms with Gasteiger partial charge < -0.3 is 20.5 Å². The molecule has 9 heteroatoms. The van der Waals surface area contributed by atoms with Crippen molar-refractivity contribution in [1.82, 2.24) is 15.5 Å². The summed E-state index contributed by atoms with van der Waals surface area (Å²) in [6, 6.07) is 6.61. The highest BCUT2D eigenvalue weighted by Crippen LogP contribution is 2.37. The summed E-state index contributed by atoms with van der Waals surface area (Å²) in [6.45, 7) is 2.01. The van der Waals surface area contributed by atoms with Crippen molar-refractivity contribution in [2.45, 2.75) is 69.4 Å². The zero-order valence-corrected chi connectivity index (χ0v) is 18.0. The van der Waals surface area contributed by atoms with Gasteiger partial charge in [-0.3, -0.25) is 14.7 Å². The molecule has 1 aromatic carbocycles. The fourth-order valence-corrected chi connectivity index (χ4v) is 4.09. The lowest BCUT2D eigenvalue weighted by Gasteiger charge is -2.16. The molecule has 32 heavy (non-hydrogen) atoms. The minimum Gasteiger partial charge on any atom is -0.507 e. The van der Waals surface area contributed by atoms with Gasteiger partial charge in [0.05, 0.1) is 5.56 Å². The normalized spacial score (nSPS) is 21.0. The predicted molar refractivity (Wildman–Crippen MR) is 117 cm³/mol. The van der Waals surface area contributed by atoms with Crippen molar-refractivity contribution < 1.29 is 24.2 Å². The molecular weight excluding hydrogens is 412 g/mol. The Hall–Kier alpha value is -3.36. The molecule has 2 aromatic rings. The molecule has 0 saturated heterocycles. The number of phenols is 1. The molecule has 1 aromatic heterocycles. The average molecular weight is 441 g/mol. The van der Waals surface area contributed by atoms with E-state index in [2.05, 4.69) is 20.8 Å². The summed E-state index contributed by atoms with van der Waals surface area (Å²) in [5.41, 5.74) is 1.63.